The third-order valence-corrected chi connectivity index (χ3v) is 3.00. The third kappa shape index (κ3) is 2.30. The van der Waals surface area contributed by atoms with Crippen LogP contribution in [0.4, 0.5) is 0 Å². The molecule has 0 aliphatic carbocycles. The van der Waals surface area contributed by atoms with Gasteiger partial charge in [0.1, 0.15) is 11.9 Å². The van der Waals surface area contributed by atoms with Gasteiger partial charge in [0.25, 0.3) is 0 Å². The number of hydrogen-bond acceptors (Lipinski definition) is 4. The average Bonchev–Trinajstić information content (AvgIpc) is 2.89. The Balaban J connectivity index is 2.39. The van der Waals surface area contributed by atoms with Crippen LogP contribution in [0, 0.1) is 6.92 Å². The van der Waals surface area contributed by atoms with E-state index in [2.05, 4.69) is 27.0 Å². The molecule has 2 heterocycles. The van der Waals surface area contributed by atoms with Gasteiger partial charge in [0.2, 0.25) is 0 Å². The molecule has 0 saturated heterocycles. The number of nitrogens with one attached hydrogen (secondary N) is 1. The Kier molecular flexibility index (Phi) is 3.78. The molecule has 0 aliphatic rings. The van der Waals surface area contributed by atoms with Crippen LogP contribution in [0.3, 0.4) is 0 Å². The number of nitrogens with zero attached hydrogens (tertiary/aromatic N) is 4. The van der Waals surface area contributed by atoms with Crippen LogP contribution in [-0.4, -0.2) is 19.3 Å². The summed E-state index contributed by atoms with van der Waals surface area (Å²) >= 11 is 0. The van der Waals surface area contributed by atoms with E-state index < -0.39 is 0 Å². The maximum Gasteiger partial charge on any atom is 0.131 e. The van der Waals surface area contributed by atoms with E-state index in [9.17, 15) is 0 Å². The van der Waals surface area contributed by atoms with Gasteiger partial charge in [0, 0.05) is 37.7 Å². The minimum atomic E-state index is -0.125. The van der Waals surface area contributed by atoms with E-state index in [1.54, 1.807) is 10.9 Å². The van der Waals surface area contributed by atoms with E-state index in [0.29, 0.717) is 0 Å². The summed E-state index contributed by atoms with van der Waals surface area (Å²) in [5, 5.41) is 4.35. The molecule has 0 saturated carbocycles. The Morgan fingerprint density at radius 1 is 1.50 bits per heavy atom. The molecule has 0 fully saturated rings. The fraction of sp³-hybridized carbons (Fsp3) is 0.500. The highest BCUT2D eigenvalue weighted by Gasteiger charge is 2.21. The van der Waals surface area contributed by atoms with Crippen molar-refractivity contribution in [2.45, 2.75) is 32.9 Å². The van der Waals surface area contributed by atoms with Crippen molar-refractivity contribution in [2.75, 3.05) is 0 Å². The van der Waals surface area contributed by atoms with Gasteiger partial charge in [-0.25, -0.2) is 10.4 Å². The summed E-state index contributed by atoms with van der Waals surface area (Å²) in [6.07, 6.45) is 6.83. The van der Waals surface area contributed by atoms with E-state index in [-0.39, 0.29) is 6.04 Å². The molecule has 0 spiro atoms. The second kappa shape index (κ2) is 5.32. The van der Waals surface area contributed by atoms with Crippen LogP contribution in [0.2, 0.25) is 0 Å². The molecular formula is C12H20N6. The average molecular weight is 248 g/mol. The Morgan fingerprint density at radius 2 is 2.28 bits per heavy atom. The van der Waals surface area contributed by atoms with E-state index in [1.165, 1.54) is 0 Å². The van der Waals surface area contributed by atoms with Crippen molar-refractivity contribution in [1.29, 1.82) is 0 Å². The quantitative estimate of drug-likeness (QED) is 0.608. The predicted octanol–water partition coefficient (Wildman–Crippen LogP) is 0.888. The zero-order valence-electron chi connectivity index (χ0n) is 11.1. The normalized spacial score (nSPS) is 12.9. The summed E-state index contributed by atoms with van der Waals surface area (Å²) in [7, 11) is 1.91. The highest BCUT2D eigenvalue weighted by atomic mass is 15.3. The maximum absolute atomic E-state index is 5.70. The van der Waals surface area contributed by atoms with Crippen LogP contribution in [0.15, 0.2) is 18.6 Å². The van der Waals surface area contributed by atoms with Crippen molar-refractivity contribution in [3.05, 3.63) is 35.7 Å². The van der Waals surface area contributed by atoms with Crippen LogP contribution in [0.1, 0.15) is 36.5 Å². The number of hydrazine groups is 1. The minimum Gasteiger partial charge on any atom is -0.333 e. The first kappa shape index (κ1) is 12.8. The first-order chi connectivity index (χ1) is 8.67. The molecule has 0 radical (unpaired) electrons. The molecule has 6 nitrogen and oxygen atoms in total. The van der Waals surface area contributed by atoms with Crippen molar-refractivity contribution in [2.24, 2.45) is 12.9 Å². The van der Waals surface area contributed by atoms with Gasteiger partial charge in [0.15, 0.2) is 0 Å². The molecule has 1 unspecified atom stereocenters. The number of imidazole rings is 1. The van der Waals surface area contributed by atoms with Gasteiger partial charge in [-0.15, -0.1) is 0 Å². The zero-order valence-corrected chi connectivity index (χ0v) is 11.1. The van der Waals surface area contributed by atoms with Crippen molar-refractivity contribution >= 4 is 0 Å². The molecule has 98 valence electrons. The lowest BCUT2D eigenvalue weighted by molar-refractivity contribution is 0.543. The van der Waals surface area contributed by atoms with Crippen molar-refractivity contribution in [3.63, 3.8) is 0 Å². The summed E-state index contributed by atoms with van der Waals surface area (Å²) in [5.74, 6) is 6.63. The van der Waals surface area contributed by atoms with E-state index in [0.717, 1.165) is 30.0 Å². The largest absolute Gasteiger partial charge is 0.333 e. The summed E-state index contributed by atoms with van der Waals surface area (Å²) in [6, 6.07) is -0.125. The summed E-state index contributed by atoms with van der Waals surface area (Å²) < 4.78 is 3.92. The molecule has 3 N–H and O–H groups in total. The number of rotatable bonds is 5. The van der Waals surface area contributed by atoms with Crippen molar-refractivity contribution in [1.82, 2.24) is 24.8 Å². The molecule has 0 aliphatic heterocycles. The lowest BCUT2D eigenvalue weighted by Crippen LogP contribution is -2.31. The Bertz CT molecular complexity index is 512. The van der Waals surface area contributed by atoms with Crippen LogP contribution >= 0.6 is 0 Å². The van der Waals surface area contributed by atoms with Gasteiger partial charge in [0.05, 0.1) is 5.69 Å². The SMILES string of the molecule is CCCn1ccnc1C(NN)c1cn(C)nc1C. The summed E-state index contributed by atoms with van der Waals surface area (Å²) in [6.45, 7) is 5.06. The number of nitrogens with two attached hydrogens (primary N) is 1. The summed E-state index contributed by atoms with van der Waals surface area (Å²) in [4.78, 5) is 4.42. The Morgan fingerprint density at radius 3 is 2.83 bits per heavy atom. The Labute approximate surface area is 107 Å². The minimum absolute atomic E-state index is 0.125. The molecule has 18 heavy (non-hydrogen) atoms. The van der Waals surface area contributed by atoms with Gasteiger partial charge in [-0.2, -0.15) is 5.10 Å². The highest BCUT2D eigenvalue weighted by Crippen LogP contribution is 2.22. The first-order valence-electron chi connectivity index (χ1n) is 6.14. The van der Waals surface area contributed by atoms with Crippen LogP contribution in [-0.2, 0) is 13.6 Å². The predicted molar refractivity (Wildman–Crippen MR) is 69.6 cm³/mol. The number of hydrogen-bond donors (Lipinski definition) is 2. The fourth-order valence-electron chi connectivity index (χ4n) is 2.22. The smallest absolute Gasteiger partial charge is 0.131 e. The lowest BCUT2D eigenvalue weighted by Gasteiger charge is -2.16. The fourth-order valence-corrected chi connectivity index (χ4v) is 2.22. The number of aryl methyl sites for hydroxylation is 3. The summed E-state index contributed by atoms with van der Waals surface area (Å²) in [5.41, 5.74) is 4.86. The van der Waals surface area contributed by atoms with E-state index in [1.807, 2.05) is 26.4 Å². The van der Waals surface area contributed by atoms with E-state index >= 15 is 0 Å². The lowest BCUT2D eigenvalue weighted by atomic mass is 10.1. The molecule has 2 aromatic rings. The van der Waals surface area contributed by atoms with Gasteiger partial charge < -0.3 is 4.57 Å². The molecule has 0 bridgehead atoms. The molecule has 6 heteroatoms. The molecule has 1 atom stereocenters. The standard InChI is InChI=1S/C12H20N6/c1-4-6-18-7-5-14-12(18)11(15-13)10-8-17(3)16-9(10)2/h5,7-8,11,15H,4,6,13H2,1-3H3. The van der Waals surface area contributed by atoms with Gasteiger partial charge >= 0.3 is 0 Å². The van der Waals surface area contributed by atoms with Crippen LogP contribution < -0.4 is 11.3 Å². The second-order valence-electron chi connectivity index (χ2n) is 4.42. The first-order valence-corrected chi connectivity index (χ1v) is 6.14. The monoisotopic (exact) mass is 248 g/mol. The van der Waals surface area contributed by atoms with Crippen LogP contribution in [0.5, 0.6) is 0 Å². The van der Waals surface area contributed by atoms with Crippen molar-refractivity contribution in [3.8, 4) is 0 Å². The van der Waals surface area contributed by atoms with Crippen LogP contribution in [0.25, 0.3) is 0 Å². The number of aromatic nitrogens is 4. The highest BCUT2D eigenvalue weighted by molar-refractivity contribution is 5.26. The molecule has 2 rings (SSSR count). The van der Waals surface area contributed by atoms with E-state index in [4.69, 9.17) is 5.84 Å². The maximum atomic E-state index is 5.70. The van der Waals surface area contributed by atoms with Gasteiger partial charge in [-0.05, 0) is 13.3 Å². The molecular weight excluding hydrogens is 228 g/mol. The molecule has 0 amide bonds. The topological polar surface area (TPSA) is 73.7 Å². The third-order valence-electron chi connectivity index (χ3n) is 3.00. The van der Waals surface area contributed by atoms with Crippen molar-refractivity contribution < 1.29 is 0 Å². The Hall–Kier alpha value is -1.66. The van der Waals surface area contributed by atoms with Gasteiger partial charge in [-0.1, -0.05) is 6.92 Å². The zero-order chi connectivity index (χ0) is 13.1. The molecule has 0 aromatic carbocycles. The second-order valence-corrected chi connectivity index (χ2v) is 4.42. The van der Waals surface area contributed by atoms with Gasteiger partial charge in [-0.3, -0.25) is 10.5 Å². The molecule has 2 aromatic heterocycles.